The molecule has 1 aliphatic heterocycles. The number of benzene rings is 10. The molecule has 0 saturated carbocycles. The SMILES string of the molecule is c1ccc(C2=NC(c3cc4c(c5ccccc35)c3cc(N(c5ccc6ccccc6c5)c5ccc6ccccc6c5)ccc3n4-c3ccccc3)NC(c3ccccc3)=N2)cc1. The largest absolute Gasteiger partial charge is 0.344 e. The summed E-state index contributed by atoms with van der Waals surface area (Å²) < 4.78 is 2.41. The van der Waals surface area contributed by atoms with Crippen LogP contribution in [0.1, 0.15) is 22.9 Å². The van der Waals surface area contributed by atoms with Gasteiger partial charge in [0.05, 0.1) is 11.0 Å². The Morgan fingerprint density at radius 3 is 1.61 bits per heavy atom. The number of amidine groups is 2. The molecule has 5 heteroatoms. The number of fused-ring (bicyclic) bond motifs is 7. The number of aromatic nitrogens is 1. The third kappa shape index (κ3) is 6.10. The number of para-hydroxylation sites is 1. The number of rotatable bonds is 7. The maximum absolute atomic E-state index is 5.36. The van der Waals surface area contributed by atoms with E-state index in [0.717, 1.165) is 61.7 Å². The maximum Gasteiger partial charge on any atom is 0.159 e. The van der Waals surface area contributed by atoms with Crippen molar-refractivity contribution in [1.82, 2.24) is 9.88 Å². The molecule has 292 valence electrons. The zero-order valence-electron chi connectivity index (χ0n) is 33.7. The van der Waals surface area contributed by atoms with Crippen molar-refractivity contribution < 1.29 is 0 Å². The second-order valence-electron chi connectivity index (χ2n) is 15.9. The number of anilines is 3. The van der Waals surface area contributed by atoms with E-state index < -0.39 is 6.17 Å². The molecule has 0 bridgehead atoms. The first-order valence-corrected chi connectivity index (χ1v) is 21.1. The fraction of sp³-hybridized carbons (Fsp3) is 0.0175. The van der Waals surface area contributed by atoms with Crippen LogP contribution < -0.4 is 10.2 Å². The minimum atomic E-state index is -0.402. The van der Waals surface area contributed by atoms with Gasteiger partial charge in [0.2, 0.25) is 0 Å². The van der Waals surface area contributed by atoms with Crippen molar-refractivity contribution in [3.05, 3.63) is 241 Å². The van der Waals surface area contributed by atoms with Gasteiger partial charge in [-0.2, -0.15) is 0 Å². The highest BCUT2D eigenvalue weighted by Crippen LogP contribution is 2.44. The number of nitrogens with one attached hydrogen (secondary N) is 1. The summed E-state index contributed by atoms with van der Waals surface area (Å²) in [5, 5.41) is 13.3. The summed E-state index contributed by atoms with van der Waals surface area (Å²) >= 11 is 0. The molecule has 0 radical (unpaired) electrons. The summed E-state index contributed by atoms with van der Waals surface area (Å²) in [6.07, 6.45) is -0.402. The van der Waals surface area contributed by atoms with Gasteiger partial charge < -0.3 is 14.8 Å². The van der Waals surface area contributed by atoms with Crippen LogP contribution >= 0.6 is 0 Å². The van der Waals surface area contributed by atoms with E-state index in [1.165, 1.54) is 37.7 Å². The highest BCUT2D eigenvalue weighted by Gasteiger charge is 2.26. The van der Waals surface area contributed by atoms with Crippen molar-refractivity contribution >= 4 is 82.9 Å². The van der Waals surface area contributed by atoms with Crippen molar-refractivity contribution in [2.45, 2.75) is 6.17 Å². The first-order chi connectivity index (χ1) is 30.7. The smallest absolute Gasteiger partial charge is 0.159 e. The minimum absolute atomic E-state index is 0.402. The molecular weight excluding hydrogens is 755 g/mol. The van der Waals surface area contributed by atoms with E-state index in [2.05, 4.69) is 215 Å². The van der Waals surface area contributed by atoms with E-state index in [-0.39, 0.29) is 0 Å². The van der Waals surface area contributed by atoms with Crippen LogP contribution in [0.15, 0.2) is 234 Å². The van der Waals surface area contributed by atoms with Gasteiger partial charge >= 0.3 is 0 Å². The maximum atomic E-state index is 5.36. The molecule has 1 N–H and O–H groups in total. The van der Waals surface area contributed by atoms with Crippen LogP contribution in [0.25, 0.3) is 59.8 Å². The van der Waals surface area contributed by atoms with Gasteiger partial charge in [-0.05, 0) is 93.0 Å². The van der Waals surface area contributed by atoms with Crippen molar-refractivity contribution in [2.24, 2.45) is 9.98 Å². The van der Waals surface area contributed by atoms with E-state index in [0.29, 0.717) is 5.84 Å². The molecule has 5 nitrogen and oxygen atoms in total. The summed E-state index contributed by atoms with van der Waals surface area (Å²) in [5.74, 6) is 1.50. The van der Waals surface area contributed by atoms with Crippen LogP contribution in [-0.2, 0) is 0 Å². The van der Waals surface area contributed by atoms with E-state index in [1.54, 1.807) is 0 Å². The Morgan fingerprint density at radius 2 is 0.952 bits per heavy atom. The van der Waals surface area contributed by atoms with Crippen LogP contribution in [0.3, 0.4) is 0 Å². The Labute approximate surface area is 359 Å². The van der Waals surface area contributed by atoms with Gasteiger partial charge in [0.15, 0.2) is 5.84 Å². The highest BCUT2D eigenvalue weighted by molar-refractivity contribution is 6.23. The average molecular weight is 794 g/mol. The van der Waals surface area contributed by atoms with Crippen molar-refractivity contribution in [3.63, 3.8) is 0 Å². The molecule has 1 aromatic heterocycles. The summed E-state index contributed by atoms with van der Waals surface area (Å²) in [6.45, 7) is 0. The van der Waals surface area contributed by atoms with Gasteiger partial charge in [-0.3, -0.25) is 0 Å². The Balaban J connectivity index is 1.11. The highest BCUT2D eigenvalue weighted by atomic mass is 15.2. The van der Waals surface area contributed by atoms with Crippen molar-refractivity contribution in [2.75, 3.05) is 4.90 Å². The van der Waals surface area contributed by atoms with Crippen LogP contribution in [0.5, 0.6) is 0 Å². The van der Waals surface area contributed by atoms with E-state index in [9.17, 15) is 0 Å². The van der Waals surface area contributed by atoms with Crippen molar-refractivity contribution in [1.29, 1.82) is 0 Å². The molecule has 0 spiro atoms. The third-order valence-electron chi connectivity index (χ3n) is 12.2. The lowest BCUT2D eigenvalue weighted by Crippen LogP contribution is -2.33. The monoisotopic (exact) mass is 793 g/mol. The third-order valence-corrected chi connectivity index (χ3v) is 12.2. The molecule has 0 fully saturated rings. The first-order valence-electron chi connectivity index (χ1n) is 21.1. The molecule has 2 heterocycles. The van der Waals surface area contributed by atoms with Gasteiger partial charge in [0, 0.05) is 50.2 Å². The van der Waals surface area contributed by atoms with Crippen LogP contribution in [0.2, 0.25) is 0 Å². The summed E-state index contributed by atoms with van der Waals surface area (Å²) in [5.41, 5.74) is 9.70. The van der Waals surface area contributed by atoms with Crippen LogP contribution in [0.4, 0.5) is 17.1 Å². The van der Waals surface area contributed by atoms with Gasteiger partial charge in [-0.1, -0.05) is 164 Å². The molecule has 11 aromatic rings. The second-order valence-corrected chi connectivity index (χ2v) is 15.9. The molecular formula is C57H39N5. The van der Waals surface area contributed by atoms with Crippen molar-refractivity contribution in [3.8, 4) is 5.69 Å². The van der Waals surface area contributed by atoms with Crippen LogP contribution in [0, 0.1) is 0 Å². The lowest BCUT2D eigenvalue weighted by molar-refractivity contribution is 0.680. The average Bonchev–Trinajstić information content (AvgIpc) is 3.68. The molecule has 0 aliphatic carbocycles. The van der Waals surface area contributed by atoms with Gasteiger partial charge in [0.1, 0.15) is 12.0 Å². The number of hydrogen-bond donors (Lipinski definition) is 1. The lowest BCUT2D eigenvalue weighted by atomic mass is 9.96. The Morgan fingerprint density at radius 1 is 0.419 bits per heavy atom. The lowest BCUT2D eigenvalue weighted by Gasteiger charge is -2.26. The number of hydrogen-bond acceptors (Lipinski definition) is 4. The molecule has 1 atom stereocenters. The normalized spacial score (nSPS) is 14.0. The Bertz CT molecular complexity index is 3470. The van der Waals surface area contributed by atoms with E-state index >= 15 is 0 Å². The molecule has 0 amide bonds. The molecule has 62 heavy (non-hydrogen) atoms. The molecule has 12 rings (SSSR count). The van der Waals surface area contributed by atoms with Crippen LogP contribution in [-0.4, -0.2) is 16.2 Å². The molecule has 1 unspecified atom stereocenters. The fourth-order valence-electron chi connectivity index (χ4n) is 9.26. The predicted octanol–water partition coefficient (Wildman–Crippen LogP) is 14.2. The molecule has 10 aromatic carbocycles. The number of nitrogens with zero attached hydrogens (tertiary/aromatic N) is 4. The minimum Gasteiger partial charge on any atom is -0.344 e. The molecule has 1 aliphatic rings. The fourth-order valence-corrected chi connectivity index (χ4v) is 9.26. The zero-order chi connectivity index (χ0) is 41.0. The quantitative estimate of drug-likeness (QED) is 0.175. The van der Waals surface area contributed by atoms with Gasteiger partial charge in [-0.25, -0.2) is 9.98 Å². The zero-order valence-corrected chi connectivity index (χ0v) is 33.7. The second kappa shape index (κ2) is 14.8. The van der Waals surface area contributed by atoms with E-state index in [1.807, 2.05) is 24.3 Å². The predicted molar refractivity (Wildman–Crippen MR) is 260 cm³/mol. The van der Waals surface area contributed by atoms with E-state index in [4.69, 9.17) is 9.98 Å². The Hall–Kier alpha value is -8.28. The summed E-state index contributed by atoms with van der Waals surface area (Å²) in [4.78, 5) is 12.9. The molecule has 0 saturated heterocycles. The Kier molecular flexibility index (Phi) is 8.49. The van der Waals surface area contributed by atoms with Gasteiger partial charge in [0.25, 0.3) is 0 Å². The summed E-state index contributed by atoms with van der Waals surface area (Å²) in [7, 11) is 0. The first kappa shape index (κ1) is 35.6. The standard InChI is InChI=1S/C57H39N5/c1-4-18-40(19-5-1)55-58-56(41-20-6-2-7-21-41)60-57(59-55)50-37-53-54(49-27-15-14-26-48(49)50)51-36-47(32-33-52(51)62(53)44-24-8-3-9-25-44)61(45-30-28-38-16-10-12-22-42(38)34-45)46-31-29-39-17-11-13-23-43(39)35-46/h1-37,57H,(H,58,59,60). The summed E-state index contributed by atoms with van der Waals surface area (Å²) in [6, 6.07) is 80.2. The topological polar surface area (TPSA) is 44.9 Å². The number of aliphatic imine (C=N–C) groups is 2. The van der Waals surface area contributed by atoms with Gasteiger partial charge in [-0.15, -0.1) is 0 Å².